The van der Waals surface area contributed by atoms with E-state index in [4.69, 9.17) is 5.26 Å². The third-order valence-corrected chi connectivity index (χ3v) is 3.46. The molecule has 0 fully saturated rings. The molecule has 0 spiro atoms. The first kappa shape index (κ1) is 13.4. The highest BCUT2D eigenvalue weighted by Gasteiger charge is 2.19. The average molecular weight is 264 g/mol. The number of hydrogen-bond acceptors (Lipinski definition) is 4. The lowest BCUT2D eigenvalue weighted by Crippen LogP contribution is -2.12. The highest BCUT2D eigenvalue weighted by molar-refractivity contribution is 7.94. The van der Waals surface area contributed by atoms with Gasteiger partial charge in [-0.15, -0.1) is 4.33 Å². The van der Waals surface area contributed by atoms with E-state index in [1.807, 2.05) is 24.3 Å². The van der Waals surface area contributed by atoms with Crippen molar-refractivity contribution in [2.45, 2.75) is 31.1 Å². The summed E-state index contributed by atoms with van der Waals surface area (Å²) in [5.41, 5.74) is 1.15. The summed E-state index contributed by atoms with van der Waals surface area (Å²) in [4.78, 5) is 0.940. The molecule has 3 nitrogen and oxygen atoms in total. The van der Waals surface area contributed by atoms with Gasteiger partial charge in [0.2, 0.25) is 0 Å². The van der Waals surface area contributed by atoms with E-state index in [0.717, 1.165) is 27.9 Å². The maximum atomic E-state index is 8.29. The SMILES string of the molecule is CC(C)(C)c1cc2ccccc2cc1SOOO. The van der Waals surface area contributed by atoms with Crippen molar-refractivity contribution in [3.8, 4) is 0 Å². The Bertz CT molecular complexity index is 546. The summed E-state index contributed by atoms with van der Waals surface area (Å²) < 4.78 is 4.58. The summed E-state index contributed by atoms with van der Waals surface area (Å²) in [6, 6.07) is 12.3. The van der Waals surface area contributed by atoms with E-state index in [0.29, 0.717) is 0 Å². The van der Waals surface area contributed by atoms with E-state index in [1.165, 1.54) is 5.39 Å². The number of fused-ring (bicyclic) bond motifs is 1. The molecule has 18 heavy (non-hydrogen) atoms. The third kappa shape index (κ3) is 2.84. The quantitative estimate of drug-likeness (QED) is 0.501. The van der Waals surface area contributed by atoms with Crippen LogP contribution in [0.15, 0.2) is 41.3 Å². The van der Waals surface area contributed by atoms with Gasteiger partial charge in [-0.2, -0.15) is 0 Å². The van der Waals surface area contributed by atoms with Gasteiger partial charge in [0, 0.05) is 4.90 Å². The molecule has 0 saturated heterocycles. The van der Waals surface area contributed by atoms with Gasteiger partial charge in [0.05, 0.1) is 12.0 Å². The van der Waals surface area contributed by atoms with Crippen LogP contribution >= 0.6 is 12.0 Å². The predicted octanol–water partition coefficient (Wildman–Crippen LogP) is 4.57. The monoisotopic (exact) mass is 264 g/mol. The maximum absolute atomic E-state index is 8.29. The molecule has 1 N–H and O–H groups in total. The van der Waals surface area contributed by atoms with E-state index < -0.39 is 0 Å². The molecule has 0 unspecified atom stereocenters. The van der Waals surface area contributed by atoms with Crippen molar-refractivity contribution in [3.63, 3.8) is 0 Å². The average Bonchev–Trinajstić information content (AvgIpc) is 2.34. The summed E-state index contributed by atoms with van der Waals surface area (Å²) in [7, 11) is 0. The van der Waals surface area contributed by atoms with Gasteiger partial charge in [-0.25, -0.2) is 5.26 Å². The molecule has 0 heterocycles. The summed E-state index contributed by atoms with van der Waals surface area (Å²) >= 11 is 1.02. The molecule has 0 saturated carbocycles. The van der Waals surface area contributed by atoms with Crippen LogP contribution in [0.2, 0.25) is 0 Å². The number of benzene rings is 2. The van der Waals surface area contributed by atoms with Crippen LogP contribution in [0, 0.1) is 0 Å². The Kier molecular flexibility index (Phi) is 3.92. The first-order valence-electron chi connectivity index (χ1n) is 5.70. The van der Waals surface area contributed by atoms with E-state index in [-0.39, 0.29) is 5.41 Å². The molecule has 0 amide bonds. The third-order valence-electron chi connectivity index (χ3n) is 2.81. The fourth-order valence-electron chi connectivity index (χ4n) is 1.93. The lowest BCUT2D eigenvalue weighted by Gasteiger charge is -2.22. The maximum Gasteiger partial charge on any atom is 0.0717 e. The van der Waals surface area contributed by atoms with E-state index in [2.05, 4.69) is 42.3 Å². The largest absolute Gasteiger partial charge is 0.220 e. The number of hydrogen-bond donors (Lipinski definition) is 1. The zero-order valence-electron chi connectivity index (χ0n) is 10.6. The highest BCUT2D eigenvalue weighted by atomic mass is 32.2. The Morgan fingerprint density at radius 2 is 1.67 bits per heavy atom. The van der Waals surface area contributed by atoms with Crippen molar-refractivity contribution < 1.29 is 14.6 Å². The van der Waals surface area contributed by atoms with Gasteiger partial charge < -0.3 is 0 Å². The minimum Gasteiger partial charge on any atom is -0.220 e. The molecular weight excluding hydrogens is 248 g/mol. The Hall–Kier alpha value is -1.07. The van der Waals surface area contributed by atoms with Crippen LogP contribution in [0.1, 0.15) is 26.3 Å². The summed E-state index contributed by atoms with van der Waals surface area (Å²) in [5.74, 6) is 0. The minimum atomic E-state index is -0.00875. The van der Waals surface area contributed by atoms with Crippen LogP contribution in [0.25, 0.3) is 10.8 Å². The Morgan fingerprint density at radius 3 is 2.22 bits per heavy atom. The van der Waals surface area contributed by atoms with Gasteiger partial charge in [0.25, 0.3) is 0 Å². The first-order chi connectivity index (χ1) is 8.52. The molecule has 0 aromatic heterocycles. The standard InChI is InChI=1S/C14H16O3S/c1-14(2,3)12-8-10-6-4-5-7-11(10)9-13(12)18-17-16-15/h4-9,15H,1-3H3. The molecule has 0 aliphatic heterocycles. The Labute approximate surface area is 111 Å². The first-order valence-corrected chi connectivity index (χ1v) is 6.44. The fourth-order valence-corrected chi connectivity index (χ4v) is 2.66. The smallest absolute Gasteiger partial charge is 0.0717 e. The molecule has 0 bridgehead atoms. The second-order valence-electron chi connectivity index (χ2n) is 5.17. The van der Waals surface area contributed by atoms with E-state index in [9.17, 15) is 0 Å². The predicted molar refractivity (Wildman–Crippen MR) is 73.3 cm³/mol. The van der Waals surface area contributed by atoms with Crippen LogP contribution < -0.4 is 0 Å². The van der Waals surface area contributed by atoms with Gasteiger partial charge >= 0.3 is 0 Å². The lowest BCUT2D eigenvalue weighted by atomic mass is 9.86. The Morgan fingerprint density at radius 1 is 1.06 bits per heavy atom. The van der Waals surface area contributed by atoms with Crippen molar-refractivity contribution in [1.29, 1.82) is 0 Å². The fraction of sp³-hybridized carbons (Fsp3) is 0.286. The summed E-state index contributed by atoms with van der Waals surface area (Å²) in [6.45, 7) is 6.42. The highest BCUT2D eigenvalue weighted by Crippen LogP contribution is 2.36. The van der Waals surface area contributed by atoms with Crippen molar-refractivity contribution in [3.05, 3.63) is 42.0 Å². The van der Waals surface area contributed by atoms with Crippen LogP contribution in [0.3, 0.4) is 0 Å². The molecule has 0 atom stereocenters. The molecule has 2 aromatic rings. The molecule has 0 aliphatic carbocycles. The van der Waals surface area contributed by atoms with Gasteiger partial charge in [-0.05, 0) is 33.9 Å². The van der Waals surface area contributed by atoms with Gasteiger partial charge in [0.15, 0.2) is 0 Å². The van der Waals surface area contributed by atoms with E-state index >= 15 is 0 Å². The molecule has 4 heteroatoms. The van der Waals surface area contributed by atoms with E-state index in [1.54, 1.807) is 0 Å². The molecule has 96 valence electrons. The molecule has 0 radical (unpaired) electrons. The normalized spacial score (nSPS) is 12.0. The topological polar surface area (TPSA) is 38.7 Å². The lowest BCUT2D eigenvalue weighted by molar-refractivity contribution is -0.432. The molecule has 0 aliphatic rings. The summed E-state index contributed by atoms with van der Waals surface area (Å²) in [5, 5.41) is 14.3. The van der Waals surface area contributed by atoms with Gasteiger partial charge in [-0.3, -0.25) is 0 Å². The van der Waals surface area contributed by atoms with Crippen molar-refractivity contribution in [2.24, 2.45) is 0 Å². The Balaban J connectivity index is 2.56. The van der Waals surface area contributed by atoms with Crippen LogP contribution in [-0.2, 0) is 14.8 Å². The van der Waals surface area contributed by atoms with Crippen LogP contribution in [0.4, 0.5) is 0 Å². The van der Waals surface area contributed by atoms with Crippen LogP contribution in [0.5, 0.6) is 0 Å². The minimum absolute atomic E-state index is 0.00875. The second kappa shape index (κ2) is 5.28. The molecule has 2 aromatic carbocycles. The zero-order valence-corrected chi connectivity index (χ0v) is 11.5. The van der Waals surface area contributed by atoms with Gasteiger partial charge in [0.1, 0.15) is 0 Å². The molecular formula is C14H16O3S. The van der Waals surface area contributed by atoms with Crippen molar-refractivity contribution in [2.75, 3.05) is 0 Å². The van der Waals surface area contributed by atoms with Gasteiger partial charge in [-0.1, -0.05) is 50.1 Å². The summed E-state index contributed by atoms with van der Waals surface area (Å²) in [6.07, 6.45) is 0. The zero-order chi connectivity index (χ0) is 13.2. The second-order valence-corrected chi connectivity index (χ2v) is 5.91. The molecule has 2 rings (SSSR count). The van der Waals surface area contributed by atoms with Crippen LogP contribution in [-0.4, -0.2) is 5.26 Å². The van der Waals surface area contributed by atoms with Crippen molar-refractivity contribution in [1.82, 2.24) is 0 Å². The number of rotatable bonds is 3. The van der Waals surface area contributed by atoms with Crippen molar-refractivity contribution >= 4 is 22.8 Å².